The Hall–Kier alpha value is -0.0800. The Morgan fingerprint density at radius 2 is 2.22 bits per heavy atom. The van der Waals surface area contributed by atoms with E-state index in [0.717, 1.165) is 19.3 Å². The molecule has 3 atom stereocenters. The summed E-state index contributed by atoms with van der Waals surface area (Å²) in [6.07, 6.45) is 2.89. The molecule has 2 rings (SSSR count). The molecular formula is C7H12O2. The predicted octanol–water partition coefficient (Wildman–Crippen LogP) is 0.140. The molecule has 2 aliphatic carbocycles. The summed E-state index contributed by atoms with van der Waals surface area (Å²) in [4.78, 5) is 0. The van der Waals surface area contributed by atoms with Crippen LogP contribution in [0.4, 0.5) is 0 Å². The Bertz CT molecular complexity index is 131. The molecule has 0 aromatic carbocycles. The van der Waals surface area contributed by atoms with Crippen molar-refractivity contribution in [2.24, 2.45) is 11.3 Å². The highest BCUT2D eigenvalue weighted by Crippen LogP contribution is 2.62. The highest BCUT2D eigenvalue weighted by Gasteiger charge is 2.61. The van der Waals surface area contributed by atoms with Crippen molar-refractivity contribution in [2.75, 3.05) is 6.61 Å². The molecule has 0 bridgehead atoms. The van der Waals surface area contributed by atoms with Gasteiger partial charge in [0.15, 0.2) is 0 Å². The molecule has 0 heterocycles. The Morgan fingerprint density at radius 3 is 2.44 bits per heavy atom. The summed E-state index contributed by atoms with van der Waals surface area (Å²) in [5.41, 5.74) is -0.0278. The van der Waals surface area contributed by atoms with Crippen LogP contribution in [0.25, 0.3) is 0 Å². The first-order valence-corrected chi connectivity index (χ1v) is 3.58. The van der Waals surface area contributed by atoms with Crippen molar-refractivity contribution >= 4 is 0 Å². The van der Waals surface area contributed by atoms with Gasteiger partial charge in [-0.1, -0.05) is 0 Å². The average molecular weight is 128 g/mol. The van der Waals surface area contributed by atoms with E-state index in [1.54, 1.807) is 0 Å². The molecule has 2 nitrogen and oxygen atoms in total. The summed E-state index contributed by atoms with van der Waals surface area (Å²) < 4.78 is 0. The summed E-state index contributed by atoms with van der Waals surface area (Å²) in [7, 11) is 0. The number of aliphatic hydroxyl groups is 2. The van der Waals surface area contributed by atoms with E-state index in [9.17, 15) is 5.11 Å². The van der Waals surface area contributed by atoms with E-state index in [-0.39, 0.29) is 18.1 Å². The van der Waals surface area contributed by atoms with Crippen molar-refractivity contribution < 1.29 is 10.2 Å². The third-order valence-electron chi connectivity index (χ3n) is 3.03. The van der Waals surface area contributed by atoms with Crippen LogP contribution in [0.5, 0.6) is 0 Å². The molecule has 0 aromatic heterocycles. The maximum absolute atomic E-state index is 9.33. The highest BCUT2D eigenvalue weighted by atomic mass is 16.3. The second kappa shape index (κ2) is 1.50. The normalized spacial score (nSPS) is 55.3. The minimum atomic E-state index is -0.201. The van der Waals surface area contributed by atoms with Crippen molar-refractivity contribution in [3.05, 3.63) is 0 Å². The molecule has 2 heteroatoms. The molecule has 0 aliphatic heterocycles. The summed E-state index contributed by atoms with van der Waals surface area (Å²) >= 11 is 0. The number of hydrogen-bond acceptors (Lipinski definition) is 2. The van der Waals surface area contributed by atoms with E-state index in [0.29, 0.717) is 5.92 Å². The molecule has 9 heavy (non-hydrogen) atoms. The van der Waals surface area contributed by atoms with Gasteiger partial charge in [0.25, 0.3) is 0 Å². The summed E-state index contributed by atoms with van der Waals surface area (Å²) in [6, 6.07) is 0. The number of hydrogen-bond donors (Lipinski definition) is 2. The zero-order valence-corrected chi connectivity index (χ0v) is 5.38. The van der Waals surface area contributed by atoms with Gasteiger partial charge in [-0.15, -0.1) is 0 Å². The van der Waals surface area contributed by atoms with Gasteiger partial charge in [-0.2, -0.15) is 0 Å². The fourth-order valence-corrected chi connectivity index (χ4v) is 2.14. The highest BCUT2D eigenvalue weighted by molar-refractivity contribution is 5.11. The van der Waals surface area contributed by atoms with Crippen molar-refractivity contribution in [1.82, 2.24) is 0 Å². The van der Waals surface area contributed by atoms with Crippen molar-refractivity contribution in [3.63, 3.8) is 0 Å². The Morgan fingerprint density at radius 1 is 1.44 bits per heavy atom. The Labute approximate surface area is 54.5 Å². The van der Waals surface area contributed by atoms with Crippen LogP contribution < -0.4 is 0 Å². The van der Waals surface area contributed by atoms with Gasteiger partial charge in [0.1, 0.15) is 0 Å². The smallest absolute Gasteiger partial charge is 0.0621 e. The minimum absolute atomic E-state index is 0.0278. The number of aliphatic hydroxyl groups excluding tert-OH is 2. The third kappa shape index (κ3) is 0.528. The SMILES string of the molecule is OC[C@@]12C[C@@H]1CC[C@@H]2O. The van der Waals surface area contributed by atoms with Gasteiger partial charge in [-0.3, -0.25) is 0 Å². The van der Waals surface area contributed by atoms with Gasteiger partial charge < -0.3 is 10.2 Å². The number of rotatable bonds is 1. The van der Waals surface area contributed by atoms with Crippen LogP contribution in [0.3, 0.4) is 0 Å². The molecule has 0 amide bonds. The third-order valence-corrected chi connectivity index (χ3v) is 3.03. The summed E-state index contributed by atoms with van der Waals surface area (Å²) in [5.74, 6) is 0.650. The second-order valence-electron chi connectivity index (χ2n) is 3.39. The minimum Gasteiger partial charge on any atom is -0.396 e. The van der Waals surface area contributed by atoms with Crippen molar-refractivity contribution in [3.8, 4) is 0 Å². The van der Waals surface area contributed by atoms with Crippen LogP contribution in [-0.2, 0) is 0 Å². The van der Waals surface area contributed by atoms with E-state index in [1.165, 1.54) is 0 Å². The predicted molar refractivity (Wildman–Crippen MR) is 32.9 cm³/mol. The zero-order chi connectivity index (χ0) is 6.48. The average Bonchev–Trinajstić information content (AvgIpc) is 2.52. The van der Waals surface area contributed by atoms with Crippen LogP contribution >= 0.6 is 0 Å². The standard InChI is InChI=1S/C7H12O2/c8-4-7-3-5(7)1-2-6(7)9/h5-6,8-9H,1-4H2/t5-,6-,7-/m0/s1. The topological polar surface area (TPSA) is 40.5 Å². The first-order valence-electron chi connectivity index (χ1n) is 3.58. The maximum Gasteiger partial charge on any atom is 0.0621 e. The van der Waals surface area contributed by atoms with E-state index in [1.807, 2.05) is 0 Å². The molecule has 52 valence electrons. The Balaban J connectivity index is 2.14. The van der Waals surface area contributed by atoms with E-state index in [2.05, 4.69) is 0 Å². The lowest BCUT2D eigenvalue weighted by Crippen LogP contribution is -2.22. The zero-order valence-electron chi connectivity index (χ0n) is 5.38. The first-order chi connectivity index (χ1) is 4.29. The largest absolute Gasteiger partial charge is 0.396 e. The molecule has 2 saturated carbocycles. The van der Waals surface area contributed by atoms with Crippen molar-refractivity contribution in [2.45, 2.75) is 25.4 Å². The van der Waals surface area contributed by atoms with E-state index < -0.39 is 0 Å². The Kier molecular flexibility index (Phi) is 0.945. The van der Waals surface area contributed by atoms with Gasteiger partial charge in [0.05, 0.1) is 12.7 Å². The molecule has 0 radical (unpaired) electrons. The van der Waals surface area contributed by atoms with E-state index >= 15 is 0 Å². The molecule has 2 N–H and O–H groups in total. The molecule has 0 unspecified atom stereocenters. The molecule has 0 aromatic rings. The quantitative estimate of drug-likeness (QED) is 0.527. The second-order valence-corrected chi connectivity index (χ2v) is 3.39. The maximum atomic E-state index is 9.33. The summed E-state index contributed by atoms with van der Waals surface area (Å²) in [6.45, 7) is 0.193. The summed E-state index contributed by atoms with van der Waals surface area (Å²) in [5, 5.41) is 18.2. The monoisotopic (exact) mass is 128 g/mol. The number of fused-ring (bicyclic) bond motifs is 1. The first kappa shape index (κ1) is 5.69. The van der Waals surface area contributed by atoms with E-state index in [4.69, 9.17) is 5.11 Å². The van der Waals surface area contributed by atoms with Crippen LogP contribution in [0.2, 0.25) is 0 Å². The molecule has 0 saturated heterocycles. The fraction of sp³-hybridized carbons (Fsp3) is 1.00. The van der Waals surface area contributed by atoms with Crippen LogP contribution in [-0.4, -0.2) is 22.9 Å². The van der Waals surface area contributed by atoms with Crippen LogP contribution in [0, 0.1) is 11.3 Å². The van der Waals surface area contributed by atoms with Crippen LogP contribution in [0.1, 0.15) is 19.3 Å². The van der Waals surface area contributed by atoms with Gasteiger partial charge in [-0.25, -0.2) is 0 Å². The van der Waals surface area contributed by atoms with Crippen molar-refractivity contribution in [1.29, 1.82) is 0 Å². The fourth-order valence-electron chi connectivity index (χ4n) is 2.14. The molecule has 2 aliphatic rings. The molecule has 2 fully saturated rings. The molecular weight excluding hydrogens is 116 g/mol. The van der Waals surface area contributed by atoms with Gasteiger partial charge in [-0.05, 0) is 25.2 Å². The van der Waals surface area contributed by atoms with Gasteiger partial charge in [0.2, 0.25) is 0 Å². The van der Waals surface area contributed by atoms with Crippen LogP contribution in [0.15, 0.2) is 0 Å². The lowest BCUT2D eigenvalue weighted by atomic mass is 10.0. The lowest BCUT2D eigenvalue weighted by molar-refractivity contribution is 0.0612. The molecule has 0 spiro atoms. The van der Waals surface area contributed by atoms with Gasteiger partial charge >= 0.3 is 0 Å². The lowest BCUT2D eigenvalue weighted by Gasteiger charge is -2.13. The van der Waals surface area contributed by atoms with Gasteiger partial charge in [0, 0.05) is 5.41 Å².